The SMILES string of the molecule is Cc1cc(C)n(C(C)C(=O)Nc2ccc(NCc3ccn[nH]3)cc2Cl)n1. The standard InChI is InChI=1S/C18H21ClN6O/c1-11-8-12(2)25(24-11)13(3)18(26)22-17-5-4-14(9-16(17)19)20-10-15-6-7-21-23-15/h4-9,13,20H,10H2,1-3H3,(H,21,23)(H,22,26). The molecule has 0 bridgehead atoms. The van der Waals surface area contributed by atoms with Gasteiger partial charge in [0.25, 0.3) is 0 Å². The molecule has 1 atom stereocenters. The lowest BCUT2D eigenvalue weighted by Gasteiger charge is -2.16. The average molecular weight is 373 g/mol. The molecule has 0 spiro atoms. The summed E-state index contributed by atoms with van der Waals surface area (Å²) >= 11 is 6.32. The number of nitrogens with zero attached hydrogens (tertiary/aromatic N) is 3. The second-order valence-electron chi connectivity index (χ2n) is 6.17. The number of benzene rings is 1. The van der Waals surface area contributed by atoms with Crippen LogP contribution in [0.2, 0.25) is 5.02 Å². The number of aromatic nitrogens is 4. The minimum absolute atomic E-state index is 0.170. The maximum Gasteiger partial charge on any atom is 0.248 e. The van der Waals surface area contributed by atoms with Gasteiger partial charge >= 0.3 is 0 Å². The van der Waals surface area contributed by atoms with Crippen LogP contribution in [-0.2, 0) is 11.3 Å². The van der Waals surface area contributed by atoms with Gasteiger partial charge < -0.3 is 10.6 Å². The third kappa shape index (κ3) is 4.05. The van der Waals surface area contributed by atoms with Gasteiger partial charge in [0.1, 0.15) is 6.04 Å². The Labute approximate surface area is 156 Å². The molecule has 136 valence electrons. The summed E-state index contributed by atoms with van der Waals surface area (Å²) < 4.78 is 1.71. The minimum atomic E-state index is -0.432. The average Bonchev–Trinajstić information content (AvgIpc) is 3.23. The Morgan fingerprint density at radius 3 is 2.73 bits per heavy atom. The van der Waals surface area contributed by atoms with Crippen LogP contribution in [0.1, 0.15) is 30.0 Å². The molecule has 1 aromatic carbocycles. The summed E-state index contributed by atoms with van der Waals surface area (Å²) in [6, 6.07) is 8.83. The van der Waals surface area contributed by atoms with E-state index >= 15 is 0 Å². The van der Waals surface area contributed by atoms with E-state index in [1.54, 1.807) is 23.0 Å². The molecule has 0 aliphatic carbocycles. The van der Waals surface area contributed by atoms with Gasteiger partial charge in [-0.2, -0.15) is 10.2 Å². The molecule has 2 aromatic heterocycles. The van der Waals surface area contributed by atoms with Gasteiger partial charge in [-0.05, 0) is 51.1 Å². The highest BCUT2D eigenvalue weighted by Gasteiger charge is 2.19. The Hall–Kier alpha value is -2.80. The van der Waals surface area contributed by atoms with E-state index in [1.165, 1.54) is 0 Å². The van der Waals surface area contributed by atoms with Crippen molar-refractivity contribution in [2.24, 2.45) is 0 Å². The normalized spacial score (nSPS) is 12.0. The van der Waals surface area contributed by atoms with Crippen LogP contribution in [-0.4, -0.2) is 25.9 Å². The number of halogens is 1. The number of carbonyl (C=O) groups excluding carboxylic acids is 1. The van der Waals surface area contributed by atoms with E-state index in [9.17, 15) is 4.79 Å². The number of aryl methyl sites for hydroxylation is 2. The van der Waals surface area contributed by atoms with E-state index in [2.05, 4.69) is 25.9 Å². The Morgan fingerprint density at radius 1 is 1.31 bits per heavy atom. The van der Waals surface area contributed by atoms with Crippen molar-refractivity contribution < 1.29 is 4.79 Å². The molecule has 0 aliphatic rings. The predicted octanol–water partition coefficient (Wildman–Crippen LogP) is 3.69. The molecule has 2 heterocycles. The summed E-state index contributed by atoms with van der Waals surface area (Å²) in [7, 11) is 0. The Bertz CT molecular complexity index is 903. The van der Waals surface area contributed by atoms with Gasteiger partial charge in [-0.15, -0.1) is 0 Å². The second kappa shape index (κ2) is 7.61. The predicted molar refractivity (Wildman–Crippen MR) is 102 cm³/mol. The van der Waals surface area contributed by atoms with Crippen molar-refractivity contribution in [1.82, 2.24) is 20.0 Å². The first-order chi connectivity index (χ1) is 12.4. The van der Waals surface area contributed by atoms with Crippen molar-refractivity contribution in [2.75, 3.05) is 10.6 Å². The van der Waals surface area contributed by atoms with Crippen LogP contribution < -0.4 is 10.6 Å². The smallest absolute Gasteiger partial charge is 0.248 e. The van der Waals surface area contributed by atoms with E-state index in [0.29, 0.717) is 17.3 Å². The molecule has 3 N–H and O–H groups in total. The van der Waals surface area contributed by atoms with Gasteiger partial charge in [0.05, 0.1) is 28.6 Å². The number of rotatable bonds is 6. The number of aromatic amines is 1. The highest BCUT2D eigenvalue weighted by molar-refractivity contribution is 6.34. The first-order valence-electron chi connectivity index (χ1n) is 8.29. The van der Waals surface area contributed by atoms with E-state index < -0.39 is 6.04 Å². The van der Waals surface area contributed by atoms with Crippen LogP contribution in [0.4, 0.5) is 11.4 Å². The van der Waals surface area contributed by atoms with Gasteiger partial charge in [-0.1, -0.05) is 11.6 Å². The molecule has 7 nitrogen and oxygen atoms in total. The van der Waals surface area contributed by atoms with Gasteiger partial charge in [0.15, 0.2) is 0 Å². The first kappa shape index (κ1) is 18.0. The van der Waals surface area contributed by atoms with Crippen molar-refractivity contribution in [3.63, 3.8) is 0 Å². The summed E-state index contributed by atoms with van der Waals surface area (Å²) in [5.41, 5.74) is 4.21. The molecule has 3 aromatic rings. The molecule has 8 heteroatoms. The molecule has 0 radical (unpaired) electrons. The first-order valence-corrected chi connectivity index (χ1v) is 8.67. The highest BCUT2D eigenvalue weighted by Crippen LogP contribution is 2.26. The van der Waals surface area contributed by atoms with Gasteiger partial charge in [0.2, 0.25) is 5.91 Å². The topological polar surface area (TPSA) is 87.6 Å². The number of carbonyl (C=O) groups is 1. The van der Waals surface area contributed by atoms with Crippen molar-refractivity contribution in [2.45, 2.75) is 33.4 Å². The van der Waals surface area contributed by atoms with Crippen molar-refractivity contribution in [3.05, 3.63) is 58.6 Å². The summed E-state index contributed by atoms with van der Waals surface area (Å²) in [5.74, 6) is -0.170. The van der Waals surface area contributed by atoms with Crippen LogP contribution in [0, 0.1) is 13.8 Å². The highest BCUT2D eigenvalue weighted by atomic mass is 35.5. The number of nitrogens with one attached hydrogen (secondary N) is 3. The zero-order valence-electron chi connectivity index (χ0n) is 14.9. The lowest BCUT2D eigenvalue weighted by Crippen LogP contribution is -2.25. The fraction of sp³-hybridized carbons (Fsp3) is 0.278. The Morgan fingerprint density at radius 2 is 2.12 bits per heavy atom. The minimum Gasteiger partial charge on any atom is -0.379 e. The summed E-state index contributed by atoms with van der Waals surface area (Å²) in [4.78, 5) is 12.5. The fourth-order valence-electron chi connectivity index (χ4n) is 2.69. The number of anilines is 2. The van der Waals surface area contributed by atoms with Crippen molar-refractivity contribution in [3.8, 4) is 0 Å². The Kier molecular flexibility index (Phi) is 5.27. The van der Waals surface area contributed by atoms with Crippen LogP contribution in [0.25, 0.3) is 0 Å². The summed E-state index contributed by atoms with van der Waals surface area (Å²) in [5, 5.41) is 17.7. The van der Waals surface area contributed by atoms with E-state index in [0.717, 1.165) is 22.8 Å². The van der Waals surface area contributed by atoms with Crippen LogP contribution >= 0.6 is 11.6 Å². The molecule has 0 saturated carbocycles. The molecule has 1 unspecified atom stereocenters. The zero-order chi connectivity index (χ0) is 18.7. The van der Waals surface area contributed by atoms with Crippen LogP contribution in [0.3, 0.4) is 0 Å². The molecule has 0 fully saturated rings. The van der Waals surface area contributed by atoms with Crippen molar-refractivity contribution >= 4 is 28.9 Å². The lowest BCUT2D eigenvalue weighted by molar-refractivity contribution is -0.119. The van der Waals surface area contributed by atoms with Crippen LogP contribution in [0.5, 0.6) is 0 Å². The molecular formula is C18H21ClN6O. The maximum absolute atomic E-state index is 12.5. The van der Waals surface area contributed by atoms with E-state index in [4.69, 9.17) is 11.6 Å². The molecule has 3 rings (SSSR count). The van der Waals surface area contributed by atoms with Gasteiger partial charge in [0, 0.05) is 17.6 Å². The second-order valence-corrected chi connectivity index (χ2v) is 6.57. The largest absolute Gasteiger partial charge is 0.379 e. The fourth-order valence-corrected chi connectivity index (χ4v) is 2.92. The molecule has 0 saturated heterocycles. The molecule has 0 aliphatic heterocycles. The third-order valence-corrected chi connectivity index (χ3v) is 4.37. The van der Waals surface area contributed by atoms with Crippen LogP contribution in [0.15, 0.2) is 36.5 Å². The molecule has 1 amide bonds. The van der Waals surface area contributed by atoms with Crippen molar-refractivity contribution in [1.29, 1.82) is 0 Å². The number of hydrogen-bond donors (Lipinski definition) is 3. The van der Waals surface area contributed by atoms with Gasteiger partial charge in [-0.3, -0.25) is 14.6 Å². The Balaban J connectivity index is 1.65. The monoisotopic (exact) mass is 372 g/mol. The maximum atomic E-state index is 12.5. The number of hydrogen-bond acceptors (Lipinski definition) is 4. The quantitative estimate of drug-likeness (QED) is 0.615. The molecular weight excluding hydrogens is 352 g/mol. The van der Waals surface area contributed by atoms with Gasteiger partial charge in [-0.25, -0.2) is 0 Å². The summed E-state index contributed by atoms with van der Waals surface area (Å²) in [6.45, 7) is 6.25. The van der Waals surface area contributed by atoms with E-state index in [-0.39, 0.29) is 5.91 Å². The third-order valence-electron chi connectivity index (χ3n) is 4.06. The number of amides is 1. The van der Waals surface area contributed by atoms with E-state index in [1.807, 2.05) is 39.0 Å². The summed E-state index contributed by atoms with van der Waals surface area (Å²) in [6.07, 6.45) is 1.70. The number of H-pyrrole nitrogens is 1. The zero-order valence-corrected chi connectivity index (χ0v) is 15.6. The lowest BCUT2D eigenvalue weighted by atomic mass is 10.2. The molecule has 26 heavy (non-hydrogen) atoms.